The van der Waals surface area contributed by atoms with Crippen LogP contribution in [0.2, 0.25) is 0 Å². The fraction of sp³-hybridized carbons (Fsp3) is 0.0222. The molecule has 0 aliphatic rings. The summed E-state index contributed by atoms with van der Waals surface area (Å²) >= 11 is 0. The number of fused-ring (bicyclic) bond motifs is 3. The van der Waals surface area contributed by atoms with E-state index >= 15 is 0 Å². The molecule has 0 spiro atoms. The number of aromatic nitrogens is 1. The van der Waals surface area contributed by atoms with Crippen molar-refractivity contribution in [2.24, 2.45) is 0 Å². The summed E-state index contributed by atoms with van der Waals surface area (Å²) in [5.74, 6) is 0. The van der Waals surface area contributed by atoms with Crippen molar-refractivity contribution in [3.63, 3.8) is 0 Å². The largest absolute Gasteiger partial charge is 0.316 e. The number of rotatable bonds is 7. The highest BCUT2D eigenvalue weighted by molar-refractivity contribution is 6.11. The van der Waals surface area contributed by atoms with Crippen LogP contribution < -0.4 is 4.90 Å². The minimum Gasteiger partial charge on any atom is -0.316 e. The normalized spacial score (nSPS) is 11.4. The van der Waals surface area contributed by atoms with E-state index in [4.69, 9.17) is 0 Å². The summed E-state index contributed by atoms with van der Waals surface area (Å²) in [7, 11) is 0. The highest BCUT2D eigenvalue weighted by Crippen LogP contribution is 2.38. The molecule has 8 aromatic rings. The monoisotopic (exact) mass is 602 g/mol. The van der Waals surface area contributed by atoms with Gasteiger partial charge in [0.05, 0.1) is 11.0 Å². The van der Waals surface area contributed by atoms with Gasteiger partial charge in [0.25, 0.3) is 0 Å². The molecule has 0 aliphatic heterocycles. The molecule has 1 aromatic heterocycles. The first-order chi connectivity index (χ1) is 23.3. The topological polar surface area (TPSA) is 8.17 Å². The van der Waals surface area contributed by atoms with Gasteiger partial charge in [0.1, 0.15) is 0 Å². The minimum absolute atomic E-state index is 1.13. The van der Waals surface area contributed by atoms with Crippen molar-refractivity contribution in [2.75, 3.05) is 4.90 Å². The van der Waals surface area contributed by atoms with Gasteiger partial charge in [0, 0.05) is 34.0 Å². The van der Waals surface area contributed by atoms with Gasteiger partial charge in [0.2, 0.25) is 0 Å². The van der Waals surface area contributed by atoms with Gasteiger partial charge in [-0.1, -0.05) is 115 Å². The number of nitrogens with zero attached hydrogens (tertiary/aromatic N) is 2. The third kappa shape index (κ3) is 5.41. The summed E-state index contributed by atoms with van der Waals surface area (Å²) in [6.45, 7) is 2.07. The van der Waals surface area contributed by atoms with E-state index in [0.717, 1.165) is 17.1 Å². The second-order valence-corrected chi connectivity index (χ2v) is 11.8. The second kappa shape index (κ2) is 12.3. The highest BCUT2D eigenvalue weighted by Gasteiger charge is 2.14. The molecule has 0 radical (unpaired) electrons. The van der Waals surface area contributed by atoms with E-state index in [1.807, 2.05) is 0 Å². The molecule has 8 rings (SSSR count). The van der Waals surface area contributed by atoms with Gasteiger partial charge < -0.3 is 9.47 Å². The molecule has 2 nitrogen and oxygen atoms in total. The molecule has 0 aliphatic carbocycles. The van der Waals surface area contributed by atoms with E-state index in [-0.39, 0.29) is 0 Å². The van der Waals surface area contributed by atoms with Gasteiger partial charge >= 0.3 is 0 Å². The van der Waals surface area contributed by atoms with E-state index in [0.29, 0.717) is 0 Å². The van der Waals surface area contributed by atoms with E-state index in [1.54, 1.807) is 0 Å². The summed E-state index contributed by atoms with van der Waals surface area (Å²) in [4.78, 5) is 2.29. The molecule has 7 aromatic carbocycles. The molecular formula is C45H34N2. The van der Waals surface area contributed by atoms with Crippen LogP contribution in [0, 0.1) is 0 Å². The van der Waals surface area contributed by atoms with Crippen LogP contribution in [0.1, 0.15) is 6.92 Å². The molecule has 1 heterocycles. The third-order valence-electron chi connectivity index (χ3n) is 8.89. The average Bonchev–Trinajstić information content (AvgIpc) is 3.45. The fourth-order valence-corrected chi connectivity index (χ4v) is 6.64. The van der Waals surface area contributed by atoms with Crippen molar-refractivity contribution in [3.05, 3.63) is 182 Å². The number of para-hydroxylation sites is 2. The number of benzene rings is 7. The van der Waals surface area contributed by atoms with Gasteiger partial charge in [-0.3, -0.25) is 0 Å². The maximum Gasteiger partial charge on any atom is 0.0535 e. The van der Waals surface area contributed by atoms with Gasteiger partial charge in [-0.2, -0.15) is 0 Å². The molecule has 0 saturated heterocycles. The highest BCUT2D eigenvalue weighted by atomic mass is 15.1. The lowest BCUT2D eigenvalue weighted by molar-refractivity contribution is 1.28. The zero-order chi connectivity index (χ0) is 31.6. The fourth-order valence-electron chi connectivity index (χ4n) is 6.64. The molecular weight excluding hydrogens is 569 g/mol. The third-order valence-corrected chi connectivity index (χ3v) is 8.89. The summed E-state index contributed by atoms with van der Waals surface area (Å²) in [6, 6.07) is 63.2. The van der Waals surface area contributed by atoms with Crippen molar-refractivity contribution in [3.8, 4) is 33.4 Å². The van der Waals surface area contributed by atoms with Crippen LogP contribution in [0.25, 0.3) is 61.4 Å². The van der Waals surface area contributed by atoms with Crippen LogP contribution in [0.3, 0.4) is 0 Å². The zero-order valence-corrected chi connectivity index (χ0v) is 26.3. The summed E-state index contributed by atoms with van der Waals surface area (Å²) in [5.41, 5.74) is 13.1. The van der Waals surface area contributed by atoms with E-state index in [2.05, 4.69) is 205 Å². The standard InChI is InChI=1S/C45H34N2/c1-2-29-46-44-27-23-37(33-13-6-3-7-14-33)31-42(44)43-32-38(24-28-45(43)46)36-16-12-15-35(30-36)34-21-25-41(26-22-34)47(39-17-8-4-9-18-39)40-19-10-5-11-20-40/h2-32H,1H3/b29-2+. The molecule has 224 valence electrons. The SMILES string of the molecule is C/C=C/n1c2ccc(-c3ccccc3)cc2c2cc(-c3cccc(-c4ccc(N(c5ccccc5)c5ccccc5)cc4)c3)ccc21. The van der Waals surface area contributed by atoms with Crippen molar-refractivity contribution in [2.45, 2.75) is 6.92 Å². The van der Waals surface area contributed by atoms with Crippen LogP contribution in [0.4, 0.5) is 17.1 Å². The quantitative estimate of drug-likeness (QED) is 0.176. The zero-order valence-electron chi connectivity index (χ0n) is 26.3. The van der Waals surface area contributed by atoms with Crippen LogP contribution in [0.5, 0.6) is 0 Å². The Labute approximate surface area is 276 Å². The molecule has 0 bridgehead atoms. The first kappa shape index (κ1) is 28.4. The lowest BCUT2D eigenvalue weighted by Crippen LogP contribution is -2.09. The van der Waals surface area contributed by atoms with Crippen LogP contribution in [-0.4, -0.2) is 4.57 Å². The van der Waals surface area contributed by atoms with Crippen molar-refractivity contribution < 1.29 is 0 Å². The predicted molar refractivity (Wildman–Crippen MR) is 201 cm³/mol. The lowest BCUT2D eigenvalue weighted by atomic mass is 9.97. The number of allylic oxidation sites excluding steroid dienone is 1. The van der Waals surface area contributed by atoms with Crippen molar-refractivity contribution in [1.29, 1.82) is 0 Å². The number of hydrogen-bond donors (Lipinski definition) is 0. The molecule has 0 unspecified atom stereocenters. The molecule has 0 atom stereocenters. The van der Waals surface area contributed by atoms with Crippen LogP contribution >= 0.6 is 0 Å². The molecule has 0 saturated carbocycles. The molecule has 2 heteroatoms. The summed E-state index contributed by atoms with van der Waals surface area (Å²) in [6.07, 6.45) is 4.26. The van der Waals surface area contributed by atoms with Crippen LogP contribution in [-0.2, 0) is 0 Å². The Morgan fingerprint density at radius 3 is 1.34 bits per heavy atom. The average molecular weight is 603 g/mol. The molecule has 0 fully saturated rings. The lowest BCUT2D eigenvalue weighted by Gasteiger charge is -2.25. The van der Waals surface area contributed by atoms with Gasteiger partial charge in [-0.25, -0.2) is 0 Å². The Bertz CT molecular complexity index is 2290. The predicted octanol–water partition coefficient (Wildman–Crippen LogP) is 12.8. The van der Waals surface area contributed by atoms with Gasteiger partial charge in [-0.05, 0) is 107 Å². The van der Waals surface area contributed by atoms with E-state index < -0.39 is 0 Å². The Morgan fingerprint density at radius 2 is 0.787 bits per heavy atom. The number of hydrogen-bond acceptors (Lipinski definition) is 1. The minimum atomic E-state index is 1.13. The van der Waals surface area contributed by atoms with Gasteiger partial charge in [0.15, 0.2) is 0 Å². The Hall–Kier alpha value is -6.12. The Kier molecular flexibility index (Phi) is 7.45. The Morgan fingerprint density at radius 1 is 0.383 bits per heavy atom. The number of anilines is 3. The molecule has 0 amide bonds. The van der Waals surface area contributed by atoms with Gasteiger partial charge in [-0.15, -0.1) is 0 Å². The smallest absolute Gasteiger partial charge is 0.0535 e. The summed E-state index contributed by atoms with van der Waals surface area (Å²) in [5, 5.41) is 2.51. The summed E-state index contributed by atoms with van der Waals surface area (Å²) < 4.78 is 2.30. The van der Waals surface area contributed by atoms with E-state index in [9.17, 15) is 0 Å². The first-order valence-electron chi connectivity index (χ1n) is 16.1. The maximum atomic E-state index is 2.35. The second-order valence-electron chi connectivity index (χ2n) is 11.8. The maximum absolute atomic E-state index is 2.35. The first-order valence-corrected chi connectivity index (χ1v) is 16.1. The van der Waals surface area contributed by atoms with Crippen molar-refractivity contribution in [1.82, 2.24) is 4.57 Å². The van der Waals surface area contributed by atoms with E-state index in [1.165, 1.54) is 55.2 Å². The van der Waals surface area contributed by atoms with Crippen LogP contribution in [0.15, 0.2) is 182 Å². The Balaban J connectivity index is 1.17. The van der Waals surface area contributed by atoms with Crippen molar-refractivity contribution >= 4 is 45.1 Å². The molecule has 47 heavy (non-hydrogen) atoms. The molecule has 0 N–H and O–H groups in total.